The van der Waals surface area contributed by atoms with Crippen LogP contribution in [0.4, 0.5) is 0 Å². The van der Waals surface area contributed by atoms with Gasteiger partial charge in [0, 0.05) is 24.3 Å². The van der Waals surface area contributed by atoms with Crippen LogP contribution in [0.3, 0.4) is 0 Å². The first kappa shape index (κ1) is 22.3. The van der Waals surface area contributed by atoms with Crippen molar-refractivity contribution in [2.45, 2.75) is 19.5 Å². The van der Waals surface area contributed by atoms with Crippen molar-refractivity contribution in [3.05, 3.63) is 105 Å². The third kappa shape index (κ3) is 5.67. The molecule has 2 amide bonds. The van der Waals surface area contributed by atoms with Crippen LogP contribution in [0.15, 0.2) is 77.7 Å². The number of nitrogens with zero attached hydrogens (tertiary/aromatic N) is 3. The smallest absolute Gasteiger partial charge is 0.350 e. The normalized spacial score (nSPS) is 10.8. The molecule has 168 valence electrons. The average Bonchev–Trinajstić information content (AvgIpc) is 3.14. The summed E-state index contributed by atoms with van der Waals surface area (Å²) in [5.41, 5.74) is 2.21. The highest BCUT2D eigenvalue weighted by atomic mass is 35.5. The summed E-state index contributed by atoms with van der Waals surface area (Å²) < 4.78 is 2.34. The Balaban J connectivity index is 1.37. The van der Waals surface area contributed by atoms with Crippen LogP contribution in [-0.2, 0) is 24.3 Å². The van der Waals surface area contributed by atoms with Gasteiger partial charge in [-0.1, -0.05) is 54.1 Å². The lowest BCUT2D eigenvalue weighted by molar-refractivity contribution is -0.121. The molecule has 0 unspecified atom stereocenters. The van der Waals surface area contributed by atoms with Crippen LogP contribution in [0.2, 0.25) is 5.02 Å². The molecule has 2 aromatic carbocycles. The van der Waals surface area contributed by atoms with Crippen molar-refractivity contribution in [3.63, 3.8) is 0 Å². The molecule has 2 heterocycles. The van der Waals surface area contributed by atoms with Gasteiger partial charge in [-0.05, 0) is 41.8 Å². The zero-order valence-electron chi connectivity index (χ0n) is 17.7. The SMILES string of the molecule is O=C(Cn1nc2ccc(C(=O)NCc3ccccc3)cn2c1=O)NCCc1ccc(Cl)cc1. The van der Waals surface area contributed by atoms with Gasteiger partial charge in [-0.2, -0.15) is 0 Å². The summed E-state index contributed by atoms with van der Waals surface area (Å²) in [7, 11) is 0. The van der Waals surface area contributed by atoms with Gasteiger partial charge in [0.25, 0.3) is 5.91 Å². The van der Waals surface area contributed by atoms with Crippen LogP contribution >= 0.6 is 11.6 Å². The van der Waals surface area contributed by atoms with Gasteiger partial charge in [0.2, 0.25) is 5.91 Å². The van der Waals surface area contributed by atoms with E-state index in [0.717, 1.165) is 15.8 Å². The number of aromatic nitrogens is 3. The highest BCUT2D eigenvalue weighted by Gasteiger charge is 2.13. The molecular weight excluding hydrogens is 442 g/mol. The predicted octanol–water partition coefficient (Wildman–Crippen LogP) is 2.44. The number of carbonyl (C=O) groups excluding carboxylic acids is 2. The Morgan fingerprint density at radius 1 is 0.909 bits per heavy atom. The number of fused-ring (bicyclic) bond motifs is 1. The lowest BCUT2D eigenvalue weighted by Crippen LogP contribution is -2.33. The molecule has 2 aromatic heterocycles. The minimum Gasteiger partial charge on any atom is -0.354 e. The number of amides is 2. The minimum atomic E-state index is -0.490. The fraction of sp³-hybridized carbons (Fsp3) is 0.167. The van der Waals surface area contributed by atoms with Crippen LogP contribution in [0, 0.1) is 0 Å². The number of halogens is 1. The second kappa shape index (κ2) is 10.1. The molecular formula is C24H22ClN5O3. The summed E-state index contributed by atoms with van der Waals surface area (Å²) in [5, 5.41) is 10.4. The van der Waals surface area contributed by atoms with Crippen molar-refractivity contribution in [1.82, 2.24) is 24.8 Å². The van der Waals surface area contributed by atoms with E-state index < -0.39 is 5.69 Å². The molecule has 4 aromatic rings. The van der Waals surface area contributed by atoms with Gasteiger partial charge < -0.3 is 10.6 Å². The Labute approximate surface area is 194 Å². The minimum absolute atomic E-state index is 0.212. The zero-order chi connectivity index (χ0) is 23.2. The lowest BCUT2D eigenvalue weighted by atomic mass is 10.1. The predicted molar refractivity (Wildman–Crippen MR) is 125 cm³/mol. The van der Waals surface area contributed by atoms with Gasteiger partial charge in [-0.15, -0.1) is 5.10 Å². The monoisotopic (exact) mass is 463 g/mol. The van der Waals surface area contributed by atoms with Gasteiger partial charge >= 0.3 is 5.69 Å². The largest absolute Gasteiger partial charge is 0.354 e. The van der Waals surface area contributed by atoms with Crippen LogP contribution in [0.1, 0.15) is 21.5 Å². The Kier molecular flexibility index (Phi) is 6.85. The molecule has 0 radical (unpaired) electrons. The van der Waals surface area contributed by atoms with E-state index in [1.807, 2.05) is 42.5 Å². The molecule has 0 aliphatic heterocycles. The summed E-state index contributed by atoms with van der Waals surface area (Å²) in [6, 6.07) is 20.1. The molecule has 0 atom stereocenters. The summed E-state index contributed by atoms with van der Waals surface area (Å²) in [4.78, 5) is 37.4. The van der Waals surface area contributed by atoms with Crippen molar-refractivity contribution in [3.8, 4) is 0 Å². The summed E-state index contributed by atoms with van der Waals surface area (Å²) >= 11 is 5.87. The molecule has 0 aliphatic rings. The van der Waals surface area contributed by atoms with Crippen molar-refractivity contribution in [2.75, 3.05) is 6.54 Å². The third-order valence-electron chi connectivity index (χ3n) is 5.08. The number of rotatable bonds is 8. The van der Waals surface area contributed by atoms with Gasteiger partial charge in [0.05, 0.1) is 5.56 Å². The topological polar surface area (TPSA) is 97.5 Å². The van der Waals surface area contributed by atoms with E-state index in [-0.39, 0.29) is 18.4 Å². The Morgan fingerprint density at radius 2 is 1.67 bits per heavy atom. The number of nitrogens with one attached hydrogen (secondary N) is 2. The number of hydrogen-bond donors (Lipinski definition) is 2. The Bertz CT molecular complexity index is 1330. The zero-order valence-corrected chi connectivity index (χ0v) is 18.5. The first-order chi connectivity index (χ1) is 16.0. The number of benzene rings is 2. The van der Waals surface area contributed by atoms with E-state index in [1.165, 1.54) is 10.6 Å². The number of hydrogen-bond acceptors (Lipinski definition) is 4. The second-order valence-corrected chi connectivity index (χ2v) is 7.92. The van der Waals surface area contributed by atoms with E-state index in [2.05, 4.69) is 15.7 Å². The second-order valence-electron chi connectivity index (χ2n) is 7.48. The Hall–Kier alpha value is -3.91. The highest BCUT2D eigenvalue weighted by molar-refractivity contribution is 6.30. The van der Waals surface area contributed by atoms with E-state index in [4.69, 9.17) is 11.6 Å². The Morgan fingerprint density at radius 3 is 2.42 bits per heavy atom. The third-order valence-corrected chi connectivity index (χ3v) is 5.33. The van der Waals surface area contributed by atoms with Crippen molar-refractivity contribution >= 4 is 29.1 Å². The fourth-order valence-corrected chi connectivity index (χ4v) is 3.45. The summed E-state index contributed by atoms with van der Waals surface area (Å²) in [5.74, 6) is -0.629. The number of pyridine rings is 1. The van der Waals surface area contributed by atoms with Crippen molar-refractivity contribution in [2.24, 2.45) is 0 Å². The molecule has 0 saturated heterocycles. The maximum absolute atomic E-state index is 12.7. The first-order valence-corrected chi connectivity index (χ1v) is 10.8. The molecule has 9 heteroatoms. The maximum Gasteiger partial charge on any atom is 0.350 e. The quantitative estimate of drug-likeness (QED) is 0.419. The fourth-order valence-electron chi connectivity index (χ4n) is 3.33. The van der Waals surface area contributed by atoms with Crippen LogP contribution in [-0.4, -0.2) is 32.5 Å². The average molecular weight is 464 g/mol. The molecule has 2 N–H and O–H groups in total. The van der Waals surface area contributed by atoms with E-state index >= 15 is 0 Å². The van der Waals surface area contributed by atoms with Crippen LogP contribution < -0.4 is 16.3 Å². The summed E-state index contributed by atoms with van der Waals surface area (Å²) in [6.45, 7) is 0.590. The molecule has 33 heavy (non-hydrogen) atoms. The maximum atomic E-state index is 12.7. The van der Waals surface area contributed by atoms with Gasteiger partial charge in [0.15, 0.2) is 5.65 Å². The van der Waals surface area contributed by atoms with E-state index in [9.17, 15) is 14.4 Å². The first-order valence-electron chi connectivity index (χ1n) is 10.4. The van der Waals surface area contributed by atoms with E-state index in [1.54, 1.807) is 24.3 Å². The standard InChI is InChI=1S/C24H22ClN5O3/c25-20-9-6-17(7-10-20)12-13-26-22(31)16-30-24(33)29-15-19(8-11-21(29)28-30)23(32)27-14-18-4-2-1-3-5-18/h1-11,15H,12-14,16H2,(H,26,31)(H,27,32). The molecule has 0 saturated carbocycles. The van der Waals surface area contributed by atoms with Crippen molar-refractivity contribution in [1.29, 1.82) is 0 Å². The lowest BCUT2D eigenvalue weighted by Gasteiger charge is -2.05. The highest BCUT2D eigenvalue weighted by Crippen LogP contribution is 2.09. The van der Waals surface area contributed by atoms with Crippen LogP contribution in [0.25, 0.3) is 5.65 Å². The molecule has 0 fully saturated rings. The molecule has 0 bridgehead atoms. The number of carbonyl (C=O) groups is 2. The molecule has 4 rings (SSSR count). The van der Waals surface area contributed by atoms with Crippen molar-refractivity contribution < 1.29 is 9.59 Å². The molecule has 8 nitrogen and oxygen atoms in total. The van der Waals surface area contributed by atoms with Gasteiger partial charge in [-0.25, -0.2) is 13.9 Å². The van der Waals surface area contributed by atoms with Gasteiger partial charge in [0.1, 0.15) is 6.54 Å². The van der Waals surface area contributed by atoms with E-state index in [0.29, 0.717) is 35.7 Å². The van der Waals surface area contributed by atoms with Gasteiger partial charge in [-0.3, -0.25) is 9.59 Å². The van der Waals surface area contributed by atoms with Crippen LogP contribution in [0.5, 0.6) is 0 Å². The molecule has 0 spiro atoms. The summed E-state index contributed by atoms with van der Waals surface area (Å²) in [6.07, 6.45) is 2.07. The molecule has 0 aliphatic carbocycles.